The fourth-order valence-corrected chi connectivity index (χ4v) is 2.91. The van der Waals surface area contributed by atoms with E-state index < -0.39 is 34.2 Å². The molecule has 8 heteroatoms. The molecule has 0 aliphatic carbocycles. The van der Waals surface area contributed by atoms with Crippen molar-refractivity contribution in [2.75, 3.05) is 0 Å². The van der Waals surface area contributed by atoms with Crippen LogP contribution in [0.2, 0.25) is 0 Å². The second kappa shape index (κ2) is 5.22. The molecule has 108 valence electrons. The van der Waals surface area contributed by atoms with Crippen LogP contribution in [0.4, 0.5) is 0 Å². The monoisotopic (exact) mass is 297 g/mol. The summed E-state index contributed by atoms with van der Waals surface area (Å²) in [5.41, 5.74) is 0.757. The smallest absolute Gasteiger partial charge is 0.362 e. The van der Waals surface area contributed by atoms with Crippen molar-refractivity contribution in [3.8, 4) is 0 Å². The first kappa shape index (κ1) is 14.5. The van der Waals surface area contributed by atoms with Crippen LogP contribution in [-0.4, -0.2) is 41.2 Å². The van der Waals surface area contributed by atoms with Gasteiger partial charge in [0.1, 0.15) is 6.04 Å². The number of β-lactam (4-membered cyclic amide) rings is 1. The van der Waals surface area contributed by atoms with Gasteiger partial charge in [-0.2, -0.15) is 8.42 Å². The van der Waals surface area contributed by atoms with Crippen molar-refractivity contribution < 1.29 is 22.9 Å². The highest BCUT2D eigenvalue weighted by Crippen LogP contribution is 2.25. The van der Waals surface area contributed by atoms with E-state index >= 15 is 0 Å². The lowest BCUT2D eigenvalue weighted by atomic mass is 10.0. The minimum absolute atomic E-state index is 0.0449. The van der Waals surface area contributed by atoms with E-state index in [2.05, 4.69) is 4.99 Å². The molecule has 1 saturated heterocycles. The van der Waals surface area contributed by atoms with Crippen LogP contribution < -0.4 is 5.11 Å². The summed E-state index contributed by atoms with van der Waals surface area (Å²) in [5.74, 6) is -1.39. The van der Waals surface area contributed by atoms with Crippen molar-refractivity contribution in [2.45, 2.75) is 25.4 Å². The van der Waals surface area contributed by atoms with E-state index in [-0.39, 0.29) is 6.42 Å². The van der Waals surface area contributed by atoms with Gasteiger partial charge in [0.25, 0.3) is 5.91 Å². The largest absolute Gasteiger partial charge is 0.862 e. The summed E-state index contributed by atoms with van der Waals surface area (Å²) < 4.78 is 30.9. The van der Waals surface area contributed by atoms with Crippen molar-refractivity contribution in [3.63, 3.8) is 0 Å². The minimum atomic E-state index is -4.58. The fraction of sp³-hybridized carbons (Fsp3) is 0.333. The van der Waals surface area contributed by atoms with Gasteiger partial charge in [0.15, 0.2) is 0 Å². The van der Waals surface area contributed by atoms with Gasteiger partial charge in [0.2, 0.25) is 0 Å². The van der Waals surface area contributed by atoms with Gasteiger partial charge in [-0.1, -0.05) is 30.3 Å². The maximum atomic E-state index is 11.7. The summed E-state index contributed by atoms with van der Waals surface area (Å²) in [7, 11) is -4.58. The molecule has 1 N–H and O–H groups in total. The van der Waals surface area contributed by atoms with Crippen molar-refractivity contribution in [2.24, 2.45) is 4.99 Å². The van der Waals surface area contributed by atoms with E-state index in [1.807, 2.05) is 6.07 Å². The molecule has 1 aliphatic rings. The van der Waals surface area contributed by atoms with Crippen LogP contribution in [0.15, 0.2) is 35.3 Å². The molecule has 0 aromatic heterocycles. The number of carbonyl (C=O) groups is 1. The van der Waals surface area contributed by atoms with Crippen molar-refractivity contribution >= 4 is 22.1 Å². The molecule has 1 amide bonds. The standard InChI is InChI=1S/C12H14N2O5S/c1-8-11(12(16)14(8)20(17,18)19)13-10(15)7-9-5-3-2-4-6-9/h2-6,8,11H,7H2,1H3,(H,13,15)(H,17,18,19)/p-1/t8-,11-/m0/s1. The van der Waals surface area contributed by atoms with E-state index in [0.717, 1.165) is 5.56 Å². The summed E-state index contributed by atoms with van der Waals surface area (Å²) >= 11 is 0. The average Bonchev–Trinajstić information content (AvgIpc) is 2.36. The predicted molar refractivity (Wildman–Crippen MR) is 69.2 cm³/mol. The van der Waals surface area contributed by atoms with E-state index in [1.54, 1.807) is 24.3 Å². The molecule has 20 heavy (non-hydrogen) atoms. The van der Waals surface area contributed by atoms with Gasteiger partial charge < -0.3 is 5.11 Å². The fourth-order valence-electron chi connectivity index (χ4n) is 2.04. The van der Waals surface area contributed by atoms with Crippen LogP contribution in [0, 0.1) is 0 Å². The number of rotatable bonds is 4. The molecule has 1 fully saturated rings. The Morgan fingerprint density at radius 3 is 2.50 bits per heavy atom. The first-order chi connectivity index (χ1) is 9.30. The second-order valence-corrected chi connectivity index (χ2v) is 5.77. The minimum Gasteiger partial charge on any atom is -0.862 e. The number of hydrogen-bond donors (Lipinski definition) is 1. The van der Waals surface area contributed by atoms with Crippen molar-refractivity contribution in [3.05, 3.63) is 35.9 Å². The summed E-state index contributed by atoms with van der Waals surface area (Å²) in [5, 5.41) is 11.7. The van der Waals surface area contributed by atoms with Crippen LogP contribution in [0.25, 0.3) is 0 Å². The first-order valence-electron chi connectivity index (χ1n) is 5.89. The Kier molecular flexibility index (Phi) is 3.78. The van der Waals surface area contributed by atoms with E-state index in [0.29, 0.717) is 4.31 Å². The lowest BCUT2D eigenvalue weighted by Gasteiger charge is -2.40. The van der Waals surface area contributed by atoms with E-state index in [9.17, 15) is 18.3 Å². The van der Waals surface area contributed by atoms with Gasteiger partial charge in [-0.15, -0.1) is 0 Å². The molecule has 7 nitrogen and oxygen atoms in total. The molecule has 1 aromatic carbocycles. The third kappa shape index (κ3) is 2.81. The van der Waals surface area contributed by atoms with Crippen LogP contribution in [0.1, 0.15) is 12.5 Å². The highest BCUT2D eigenvalue weighted by Gasteiger charge is 2.50. The van der Waals surface area contributed by atoms with Crippen LogP contribution >= 0.6 is 0 Å². The highest BCUT2D eigenvalue weighted by atomic mass is 32.2. The van der Waals surface area contributed by atoms with Crippen LogP contribution in [0.3, 0.4) is 0 Å². The Morgan fingerprint density at radius 1 is 1.40 bits per heavy atom. The molecule has 0 unspecified atom stereocenters. The normalized spacial score (nSPS) is 23.6. The van der Waals surface area contributed by atoms with Gasteiger partial charge in [-0.25, -0.2) is 4.31 Å². The Bertz CT molecular complexity index is 641. The van der Waals surface area contributed by atoms with Crippen molar-refractivity contribution in [1.82, 2.24) is 4.31 Å². The third-order valence-electron chi connectivity index (χ3n) is 3.03. The van der Waals surface area contributed by atoms with E-state index in [1.165, 1.54) is 6.92 Å². The van der Waals surface area contributed by atoms with Gasteiger partial charge in [-0.05, 0) is 18.4 Å². The number of carbonyl (C=O) groups excluding carboxylic acids is 1. The van der Waals surface area contributed by atoms with Crippen LogP contribution in [0.5, 0.6) is 0 Å². The molecule has 0 bridgehead atoms. The molecule has 0 spiro atoms. The number of benzene rings is 1. The van der Waals surface area contributed by atoms with Gasteiger partial charge in [0, 0.05) is 6.42 Å². The number of hydrogen-bond acceptors (Lipinski definition) is 5. The van der Waals surface area contributed by atoms with Gasteiger partial charge >= 0.3 is 10.3 Å². The number of aliphatic imine (C=N–C) groups is 1. The summed E-state index contributed by atoms with van der Waals surface area (Å²) in [6, 6.07) is 6.98. The van der Waals surface area contributed by atoms with E-state index in [4.69, 9.17) is 4.55 Å². The lowest BCUT2D eigenvalue weighted by Crippen LogP contribution is -2.64. The quantitative estimate of drug-likeness (QED) is 0.345. The molecule has 0 saturated carbocycles. The number of amides is 1. The molecule has 2 rings (SSSR count). The third-order valence-corrected chi connectivity index (χ3v) is 4.04. The Labute approximate surface area is 116 Å². The number of nitrogens with zero attached hydrogens (tertiary/aromatic N) is 2. The van der Waals surface area contributed by atoms with Gasteiger partial charge in [0.05, 0.1) is 6.04 Å². The van der Waals surface area contributed by atoms with Crippen molar-refractivity contribution in [1.29, 1.82) is 0 Å². The molecular formula is C12H13N2O5S-. The SMILES string of the molecule is C[C@H]1[C@H](N=C([O-])Cc2ccccc2)C(=O)N1S(=O)(=O)O. The zero-order chi connectivity index (χ0) is 14.9. The molecule has 1 aromatic rings. The highest BCUT2D eigenvalue weighted by molar-refractivity contribution is 7.84. The zero-order valence-corrected chi connectivity index (χ0v) is 11.4. The molecule has 1 aliphatic heterocycles. The second-order valence-electron chi connectivity index (χ2n) is 4.48. The van der Waals surface area contributed by atoms with Crippen LogP contribution in [-0.2, 0) is 21.5 Å². The summed E-state index contributed by atoms with van der Waals surface area (Å²) in [6.07, 6.45) is 0.0449. The predicted octanol–water partition coefficient (Wildman–Crippen LogP) is -0.610. The lowest BCUT2D eigenvalue weighted by molar-refractivity contribution is -0.219. The molecule has 0 radical (unpaired) electrons. The Morgan fingerprint density at radius 2 is 2.00 bits per heavy atom. The first-order valence-corrected chi connectivity index (χ1v) is 7.28. The maximum Gasteiger partial charge on any atom is 0.362 e. The maximum absolute atomic E-state index is 11.7. The Balaban J connectivity index is 2.07. The summed E-state index contributed by atoms with van der Waals surface area (Å²) in [4.78, 5) is 15.2. The zero-order valence-electron chi connectivity index (χ0n) is 10.6. The molecular weight excluding hydrogens is 284 g/mol. The molecule has 1 heterocycles. The Hall–Kier alpha value is -1.93. The van der Waals surface area contributed by atoms with Gasteiger partial charge in [-0.3, -0.25) is 14.3 Å². The molecule has 2 atom stereocenters. The average molecular weight is 297 g/mol. The summed E-state index contributed by atoms with van der Waals surface area (Å²) in [6.45, 7) is 1.40. The topological polar surface area (TPSA) is 110 Å².